The molecule has 0 aliphatic rings. The van der Waals surface area contributed by atoms with Crippen molar-refractivity contribution in [2.24, 2.45) is 0 Å². The van der Waals surface area contributed by atoms with Crippen molar-refractivity contribution < 1.29 is 8.42 Å². The van der Waals surface area contributed by atoms with E-state index in [-0.39, 0.29) is 16.5 Å². The van der Waals surface area contributed by atoms with Crippen LogP contribution in [-0.2, 0) is 16.6 Å². The van der Waals surface area contributed by atoms with Crippen LogP contribution < -0.4 is 4.72 Å². The Kier molecular flexibility index (Phi) is 4.83. The molecule has 0 aliphatic carbocycles. The van der Waals surface area contributed by atoms with Crippen LogP contribution in [0.1, 0.15) is 5.56 Å². The lowest BCUT2D eigenvalue weighted by Crippen LogP contribution is -2.23. The SMILES string of the molecule is O=S(=O)(NCc1cccc(I)c1)c1ccccc1Cl. The summed E-state index contributed by atoms with van der Waals surface area (Å²) in [5.41, 5.74) is 0.905. The van der Waals surface area contributed by atoms with E-state index in [2.05, 4.69) is 27.3 Å². The summed E-state index contributed by atoms with van der Waals surface area (Å²) < 4.78 is 27.8. The zero-order valence-corrected chi connectivity index (χ0v) is 13.5. The Balaban J connectivity index is 2.17. The normalized spacial score (nSPS) is 11.5. The molecule has 0 aromatic heterocycles. The van der Waals surface area contributed by atoms with Gasteiger partial charge in [-0.25, -0.2) is 13.1 Å². The van der Waals surface area contributed by atoms with Gasteiger partial charge in [0.05, 0.1) is 5.02 Å². The summed E-state index contributed by atoms with van der Waals surface area (Å²) in [6, 6.07) is 14.0. The summed E-state index contributed by atoms with van der Waals surface area (Å²) in [6.07, 6.45) is 0. The minimum atomic E-state index is -3.59. The highest BCUT2D eigenvalue weighted by Gasteiger charge is 2.16. The zero-order valence-electron chi connectivity index (χ0n) is 9.81. The molecule has 0 spiro atoms. The van der Waals surface area contributed by atoms with Crippen molar-refractivity contribution in [1.82, 2.24) is 4.72 Å². The van der Waals surface area contributed by atoms with Gasteiger partial charge in [0.1, 0.15) is 4.90 Å². The van der Waals surface area contributed by atoms with E-state index in [1.807, 2.05) is 24.3 Å². The molecule has 0 atom stereocenters. The van der Waals surface area contributed by atoms with Gasteiger partial charge < -0.3 is 0 Å². The highest BCUT2D eigenvalue weighted by molar-refractivity contribution is 14.1. The van der Waals surface area contributed by atoms with Crippen LogP contribution in [0.5, 0.6) is 0 Å². The van der Waals surface area contributed by atoms with E-state index in [0.717, 1.165) is 9.13 Å². The second-order valence-electron chi connectivity index (χ2n) is 3.88. The summed E-state index contributed by atoms with van der Waals surface area (Å²) in [6.45, 7) is 0.240. The smallest absolute Gasteiger partial charge is 0.207 e. The quantitative estimate of drug-likeness (QED) is 0.790. The van der Waals surface area contributed by atoms with Crippen LogP contribution in [0.15, 0.2) is 53.4 Å². The maximum Gasteiger partial charge on any atom is 0.242 e. The number of hydrogen-bond acceptors (Lipinski definition) is 2. The van der Waals surface area contributed by atoms with E-state index in [9.17, 15) is 8.42 Å². The molecule has 0 radical (unpaired) electrons. The Morgan fingerprint density at radius 1 is 1.11 bits per heavy atom. The monoisotopic (exact) mass is 407 g/mol. The van der Waals surface area contributed by atoms with Gasteiger partial charge in [0.25, 0.3) is 0 Å². The molecule has 0 unspecified atom stereocenters. The van der Waals surface area contributed by atoms with Crippen molar-refractivity contribution in [3.63, 3.8) is 0 Å². The second-order valence-corrected chi connectivity index (χ2v) is 7.27. The summed E-state index contributed by atoms with van der Waals surface area (Å²) in [5, 5.41) is 0.220. The van der Waals surface area contributed by atoms with Crippen LogP contribution in [0, 0.1) is 3.57 Å². The minimum absolute atomic E-state index is 0.0993. The van der Waals surface area contributed by atoms with Gasteiger partial charge in [0, 0.05) is 10.1 Å². The number of nitrogens with one attached hydrogen (secondary N) is 1. The van der Waals surface area contributed by atoms with E-state index in [1.54, 1.807) is 18.2 Å². The molecular formula is C13H11ClINO2S. The molecule has 0 heterocycles. The second kappa shape index (κ2) is 6.21. The Hall–Kier alpha value is -0.630. The molecule has 2 aromatic carbocycles. The molecule has 0 bridgehead atoms. The lowest BCUT2D eigenvalue weighted by molar-refractivity contribution is 0.581. The van der Waals surface area contributed by atoms with Crippen LogP contribution in [0.25, 0.3) is 0 Å². The van der Waals surface area contributed by atoms with Crippen LogP contribution in [0.2, 0.25) is 5.02 Å². The van der Waals surface area contributed by atoms with Gasteiger partial charge in [-0.2, -0.15) is 0 Å². The fourth-order valence-electron chi connectivity index (χ4n) is 1.57. The molecule has 0 saturated heterocycles. The predicted octanol–water partition coefficient (Wildman–Crippen LogP) is 3.42. The topological polar surface area (TPSA) is 46.2 Å². The Bertz CT molecular complexity index is 689. The molecule has 2 rings (SSSR count). The van der Waals surface area contributed by atoms with E-state index in [0.29, 0.717) is 0 Å². The molecule has 0 amide bonds. The third-order valence-corrected chi connectivity index (χ3v) is 5.05. The van der Waals surface area contributed by atoms with Gasteiger partial charge in [-0.1, -0.05) is 35.9 Å². The van der Waals surface area contributed by atoms with E-state index in [1.165, 1.54) is 6.07 Å². The molecule has 6 heteroatoms. The number of halogens is 2. The van der Waals surface area contributed by atoms with E-state index in [4.69, 9.17) is 11.6 Å². The molecule has 1 N–H and O–H groups in total. The minimum Gasteiger partial charge on any atom is -0.207 e. The average molecular weight is 408 g/mol. The first-order valence-corrected chi connectivity index (χ1v) is 8.42. The molecule has 0 saturated carbocycles. The average Bonchev–Trinajstić information content (AvgIpc) is 2.37. The summed E-state index contributed by atoms with van der Waals surface area (Å²) >= 11 is 8.08. The van der Waals surface area contributed by atoms with Gasteiger partial charge in [-0.05, 0) is 52.4 Å². The van der Waals surface area contributed by atoms with Crippen molar-refractivity contribution >= 4 is 44.2 Å². The van der Waals surface area contributed by atoms with Gasteiger partial charge in [0.15, 0.2) is 0 Å². The standard InChI is InChI=1S/C13H11ClINO2S/c14-12-6-1-2-7-13(12)19(17,18)16-9-10-4-3-5-11(15)8-10/h1-8,16H,9H2. The van der Waals surface area contributed by atoms with Crippen LogP contribution in [0.4, 0.5) is 0 Å². The highest BCUT2D eigenvalue weighted by Crippen LogP contribution is 2.20. The predicted molar refractivity (Wildman–Crippen MR) is 84.6 cm³/mol. The van der Waals surface area contributed by atoms with Crippen molar-refractivity contribution in [3.8, 4) is 0 Å². The summed E-state index contributed by atoms with van der Waals surface area (Å²) in [5.74, 6) is 0. The lowest BCUT2D eigenvalue weighted by atomic mass is 10.2. The maximum absolute atomic E-state index is 12.1. The number of sulfonamides is 1. The van der Waals surface area contributed by atoms with Crippen molar-refractivity contribution in [1.29, 1.82) is 0 Å². The Morgan fingerprint density at radius 3 is 2.53 bits per heavy atom. The van der Waals surface area contributed by atoms with Crippen molar-refractivity contribution in [3.05, 3.63) is 62.7 Å². The van der Waals surface area contributed by atoms with Crippen LogP contribution in [-0.4, -0.2) is 8.42 Å². The molecule has 0 fully saturated rings. The zero-order chi connectivity index (χ0) is 13.9. The van der Waals surface area contributed by atoms with Crippen LogP contribution in [0.3, 0.4) is 0 Å². The number of benzene rings is 2. The Morgan fingerprint density at radius 2 is 1.84 bits per heavy atom. The molecule has 0 aliphatic heterocycles. The number of hydrogen-bond donors (Lipinski definition) is 1. The Labute approximate surface area is 131 Å². The number of rotatable bonds is 4. The van der Waals surface area contributed by atoms with Crippen molar-refractivity contribution in [2.75, 3.05) is 0 Å². The van der Waals surface area contributed by atoms with Gasteiger partial charge in [-0.15, -0.1) is 0 Å². The summed E-state index contributed by atoms with van der Waals surface area (Å²) in [4.78, 5) is 0.0993. The first-order chi connectivity index (χ1) is 8.99. The highest BCUT2D eigenvalue weighted by atomic mass is 127. The van der Waals surface area contributed by atoms with Gasteiger partial charge in [0.2, 0.25) is 10.0 Å². The molecule has 19 heavy (non-hydrogen) atoms. The molecule has 3 nitrogen and oxygen atoms in total. The first-order valence-electron chi connectivity index (χ1n) is 5.48. The molecule has 100 valence electrons. The maximum atomic E-state index is 12.1. The molecular weight excluding hydrogens is 397 g/mol. The van der Waals surface area contributed by atoms with Gasteiger partial charge >= 0.3 is 0 Å². The first kappa shape index (κ1) is 14.8. The molecule has 2 aromatic rings. The van der Waals surface area contributed by atoms with E-state index < -0.39 is 10.0 Å². The largest absolute Gasteiger partial charge is 0.242 e. The van der Waals surface area contributed by atoms with Gasteiger partial charge in [-0.3, -0.25) is 0 Å². The van der Waals surface area contributed by atoms with Crippen LogP contribution >= 0.6 is 34.2 Å². The summed E-state index contributed by atoms with van der Waals surface area (Å²) in [7, 11) is -3.59. The third-order valence-electron chi connectivity index (χ3n) is 2.48. The van der Waals surface area contributed by atoms with Crippen molar-refractivity contribution in [2.45, 2.75) is 11.4 Å². The fraction of sp³-hybridized carbons (Fsp3) is 0.0769. The fourth-order valence-corrected chi connectivity index (χ4v) is 3.71. The lowest BCUT2D eigenvalue weighted by Gasteiger charge is -2.08. The van der Waals surface area contributed by atoms with E-state index >= 15 is 0 Å². The third kappa shape index (κ3) is 3.92.